The fraction of sp³-hybridized carbons (Fsp3) is 0.304. The first-order valence-electron chi connectivity index (χ1n) is 9.94. The van der Waals surface area contributed by atoms with Gasteiger partial charge in [-0.2, -0.15) is 0 Å². The van der Waals surface area contributed by atoms with Gasteiger partial charge in [-0.1, -0.05) is 43.3 Å². The molecule has 0 fully saturated rings. The molecule has 1 atom stereocenters. The second-order valence-electron chi connectivity index (χ2n) is 6.98. The first-order chi connectivity index (χ1) is 14.2. The van der Waals surface area contributed by atoms with Crippen molar-refractivity contribution in [3.63, 3.8) is 0 Å². The number of thiophene rings is 1. The van der Waals surface area contributed by atoms with Crippen molar-refractivity contribution in [2.24, 2.45) is 4.99 Å². The predicted molar refractivity (Wildman–Crippen MR) is 122 cm³/mol. The second kappa shape index (κ2) is 10.6. The summed E-state index contributed by atoms with van der Waals surface area (Å²) in [4.78, 5) is 17.9. The van der Waals surface area contributed by atoms with Gasteiger partial charge < -0.3 is 15.2 Å². The molecular weight excluding hydrogens is 380 g/mol. The molecular formula is C23H28N4OS. The molecule has 0 saturated carbocycles. The number of nitrogens with zero attached hydrogens (tertiary/aromatic N) is 2. The Labute approximate surface area is 176 Å². The molecule has 0 aliphatic rings. The van der Waals surface area contributed by atoms with Gasteiger partial charge in [0, 0.05) is 36.1 Å². The molecule has 29 heavy (non-hydrogen) atoms. The van der Waals surface area contributed by atoms with Crippen molar-refractivity contribution in [2.75, 3.05) is 13.1 Å². The van der Waals surface area contributed by atoms with Crippen LogP contribution in [0.25, 0.3) is 0 Å². The summed E-state index contributed by atoms with van der Waals surface area (Å²) < 4.78 is 1.70. The summed E-state index contributed by atoms with van der Waals surface area (Å²) in [6.07, 6.45) is 1.81. The van der Waals surface area contributed by atoms with E-state index in [-0.39, 0.29) is 5.56 Å². The van der Waals surface area contributed by atoms with Crippen LogP contribution in [0, 0.1) is 0 Å². The van der Waals surface area contributed by atoms with Gasteiger partial charge in [0.2, 0.25) is 0 Å². The van der Waals surface area contributed by atoms with Crippen LogP contribution in [0.15, 0.2) is 76.0 Å². The lowest BCUT2D eigenvalue weighted by Gasteiger charge is -2.15. The minimum absolute atomic E-state index is 0.0132. The highest BCUT2D eigenvalue weighted by atomic mass is 32.1. The van der Waals surface area contributed by atoms with E-state index in [1.165, 1.54) is 4.88 Å². The number of pyridine rings is 1. The average Bonchev–Trinajstić information content (AvgIpc) is 3.28. The summed E-state index contributed by atoms with van der Waals surface area (Å²) in [5.74, 6) is 1.27. The molecule has 1 unspecified atom stereocenters. The van der Waals surface area contributed by atoms with E-state index in [1.54, 1.807) is 28.0 Å². The van der Waals surface area contributed by atoms with Crippen molar-refractivity contribution in [3.8, 4) is 0 Å². The number of hydrogen-bond acceptors (Lipinski definition) is 3. The number of hydrogen-bond donors (Lipinski definition) is 2. The van der Waals surface area contributed by atoms with Crippen molar-refractivity contribution in [1.29, 1.82) is 0 Å². The zero-order chi connectivity index (χ0) is 20.5. The topological polar surface area (TPSA) is 58.4 Å². The number of guanidine groups is 1. The van der Waals surface area contributed by atoms with Gasteiger partial charge in [0.05, 0.1) is 13.1 Å². The second-order valence-corrected chi connectivity index (χ2v) is 7.96. The monoisotopic (exact) mass is 408 g/mol. The first kappa shape index (κ1) is 20.9. The summed E-state index contributed by atoms with van der Waals surface area (Å²) in [6.45, 7) is 7.14. The highest BCUT2D eigenvalue weighted by Crippen LogP contribution is 2.19. The number of rotatable bonds is 8. The minimum Gasteiger partial charge on any atom is -0.357 e. The van der Waals surface area contributed by atoms with Crippen LogP contribution >= 0.6 is 11.3 Å². The van der Waals surface area contributed by atoms with E-state index in [0.717, 1.165) is 30.2 Å². The number of aliphatic imine (C=N–C) groups is 1. The zero-order valence-electron chi connectivity index (χ0n) is 17.0. The largest absolute Gasteiger partial charge is 0.357 e. The van der Waals surface area contributed by atoms with Crippen LogP contribution in [-0.2, 0) is 13.1 Å². The van der Waals surface area contributed by atoms with Gasteiger partial charge in [0.25, 0.3) is 5.56 Å². The Hall–Kier alpha value is -2.86. The van der Waals surface area contributed by atoms with Gasteiger partial charge in [-0.05, 0) is 35.6 Å². The van der Waals surface area contributed by atoms with Crippen LogP contribution in [0.2, 0.25) is 0 Å². The summed E-state index contributed by atoms with van der Waals surface area (Å²) in [5, 5.41) is 8.86. The molecule has 0 amide bonds. The molecule has 6 heteroatoms. The molecule has 0 radical (unpaired) electrons. The Kier molecular flexibility index (Phi) is 7.64. The lowest BCUT2D eigenvalue weighted by Crippen LogP contribution is -2.39. The lowest BCUT2D eigenvalue weighted by molar-refractivity contribution is 0.709. The van der Waals surface area contributed by atoms with E-state index < -0.39 is 0 Å². The summed E-state index contributed by atoms with van der Waals surface area (Å²) in [6, 6.07) is 17.7. The highest BCUT2D eigenvalue weighted by molar-refractivity contribution is 7.10. The minimum atomic E-state index is 0.0132. The molecule has 0 spiro atoms. The van der Waals surface area contributed by atoms with Crippen molar-refractivity contribution < 1.29 is 0 Å². The van der Waals surface area contributed by atoms with Crippen molar-refractivity contribution in [2.45, 2.75) is 32.9 Å². The lowest BCUT2D eigenvalue weighted by atomic mass is 10.1. The predicted octanol–water partition coefficient (Wildman–Crippen LogP) is 3.82. The Balaban J connectivity index is 1.57. The maximum Gasteiger partial charge on any atom is 0.250 e. The average molecular weight is 409 g/mol. The van der Waals surface area contributed by atoms with Crippen LogP contribution < -0.4 is 16.2 Å². The van der Waals surface area contributed by atoms with Gasteiger partial charge >= 0.3 is 0 Å². The Morgan fingerprint density at radius 3 is 2.55 bits per heavy atom. The van der Waals surface area contributed by atoms with Crippen LogP contribution in [0.5, 0.6) is 0 Å². The van der Waals surface area contributed by atoms with Gasteiger partial charge in [0.15, 0.2) is 5.96 Å². The molecule has 0 saturated heterocycles. The zero-order valence-corrected chi connectivity index (χ0v) is 17.8. The van der Waals surface area contributed by atoms with Crippen LogP contribution in [0.1, 0.15) is 35.8 Å². The molecule has 1 aromatic carbocycles. The number of aromatic nitrogens is 1. The van der Waals surface area contributed by atoms with Crippen molar-refractivity contribution in [3.05, 3.63) is 92.5 Å². The maximum atomic E-state index is 11.8. The van der Waals surface area contributed by atoms with E-state index in [2.05, 4.69) is 66.3 Å². The fourth-order valence-corrected chi connectivity index (χ4v) is 3.76. The molecule has 0 bridgehead atoms. The Bertz CT molecular complexity index is 961. The number of benzene rings is 1. The SMILES string of the molecule is CCNC(=NCc1ccc(Cn2ccccc2=O)cc1)NCC(C)c1cccs1. The van der Waals surface area contributed by atoms with Crippen molar-refractivity contribution in [1.82, 2.24) is 15.2 Å². The third-order valence-corrected chi connectivity index (χ3v) is 5.75. The quantitative estimate of drug-likeness (QED) is 0.440. The molecule has 5 nitrogen and oxygen atoms in total. The summed E-state index contributed by atoms with van der Waals surface area (Å²) in [5.41, 5.74) is 2.25. The van der Waals surface area contributed by atoms with Gasteiger partial charge in [-0.3, -0.25) is 4.79 Å². The van der Waals surface area contributed by atoms with E-state index in [9.17, 15) is 4.79 Å². The van der Waals surface area contributed by atoms with E-state index >= 15 is 0 Å². The molecule has 0 aliphatic heterocycles. The molecule has 3 rings (SSSR count). The normalized spacial score (nSPS) is 12.6. The van der Waals surface area contributed by atoms with E-state index in [0.29, 0.717) is 19.0 Å². The van der Waals surface area contributed by atoms with E-state index in [4.69, 9.17) is 4.99 Å². The fourth-order valence-electron chi connectivity index (χ4n) is 2.97. The van der Waals surface area contributed by atoms with Crippen molar-refractivity contribution >= 4 is 17.3 Å². The molecule has 0 aliphatic carbocycles. The Morgan fingerprint density at radius 1 is 1.07 bits per heavy atom. The third-order valence-electron chi connectivity index (χ3n) is 4.64. The molecule has 2 N–H and O–H groups in total. The van der Waals surface area contributed by atoms with Crippen LogP contribution in [0.3, 0.4) is 0 Å². The van der Waals surface area contributed by atoms with Crippen LogP contribution in [-0.4, -0.2) is 23.6 Å². The third kappa shape index (κ3) is 6.32. The standard InChI is InChI=1S/C23H28N4OS/c1-3-24-23(25-15-18(2)21-7-6-14-29-21)26-16-19-9-11-20(12-10-19)17-27-13-5-4-8-22(27)28/h4-14,18H,3,15-17H2,1-2H3,(H2,24,25,26). The first-order valence-corrected chi connectivity index (χ1v) is 10.8. The van der Waals surface area contributed by atoms with Gasteiger partial charge in [-0.25, -0.2) is 4.99 Å². The number of nitrogens with one attached hydrogen (secondary N) is 2. The maximum absolute atomic E-state index is 11.8. The summed E-state index contributed by atoms with van der Waals surface area (Å²) >= 11 is 1.79. The van der Waals surface area contributed by atoms with Crippen LogP contribution in [0.4, 0.5) is 0 Å². The summed E-state index contributed by atoms with van der Waals surface area (Å²) in [7, 11) is 0. The van der Waals surface area contributed by atoms with Gasteiger partial charge in [-0.15, -0.1) is 11.3 Å². The molecule has 3 aromatic rings. The highest BCUT2D eigenvalue weighted by Gasteiger charge is 2.07. The van der Waals surface area contributed by atoms with Gasteiger partial charge in [0.1, 0.15) is 0 Å². The Morgan fingerprint density at radius 2 is 1.86 bits per heavy atom. The molecule has 2 aromatic heterocycles. The smallest absolute Gasteiger partial charge is 0.250 e. The molecule has 152 valence electrons. The van der Waals surface area contributed by atoms with E-state index in [1.807, 2.05) is 12.3 Å². The molecule has 2 heterocycles.